The van der Waals surface area contributed by atoms with Gasteiger partial charge in [0.1, 0.15) is 0 Å². The van der Waals surface area contributed by atoms with Crippen molar-refractivity contribution in [2.24, 2.45) is 5.73 Å². The van der Waals surface area contributed by atoms with Crippen molar-refractivity contribution in [3.63, 3.8) is 0 Å². The van der Waals surface area contributed by atoms with Gasteiger partial charge in [0.05, 0.1) is 19.3 Å². The molecular formula is C14H23NO2. The van der Waals surface area contributed by atoms with Crippen molar-refractivity contribution < 1.29 is 9.47 Å². The standard InChI is InChI=1S/C14H23NO2/c1-4-16-9-12(3)17-10-14-6-5-13(8-15)7-11(14)2/h5-7,12H,4,8-10,15H2,1-3H3. The first-order valence-corrected chi connectivity index (χ1v) is 6.15. The van der Waals surface area contributed by atoms with Gasteiger partial charge in [-0.15, -0.1) is 0 Å². The second kappa shape index (κ2) is 7.43. The Morgan fingerprint density at radius 3 is 2.71 bits per heavy atom. The second-order valence-corrected chi connectivity index (χ2v) is 4.25. The van der Waals surface area contributed by atoms with Gasteiger partial charge in [-0.05, 0) is 37.5 Å². The molecule has 0 aliphatic carbocycles. The van der Waals surface area contributed by atoms with E-state index < -0.39 is 0 Å². The van der Waals surface area contributed by atoms with E-state index in [1.165, 1.54) is 11.1 Å². The quantitative estimate of drug-likeness (QED) is 0.792. The van der Waals surface area contributed by atoms with Crippen molar-refractivity contribution in [1.29, 1.82) is 0 Å². The van der Waals surface area contributed by atoms with Gasteiger partial charge in [0, 0.05) is 13.2 Å². The van der Waals surface area contributed by atoms with Crippen LogP contribution in [0.25, 0.3) is 0 Å². The number of nitrogens with two attached hydrogens (primary N) is 1. The van der Waals surface area contributed by atoms with Gasteiger partial charge in [0.15, 0.2) is 0 Å². The molecule has 1 aromatic rings. The molecule has 96 valence electrons. The molecule has 0 spiro atoms. The van der Waals surface area contributed by atoms with Gasteiger partial charge < -0.3 is 15.2 Å². The van der Waals surface area contributed by atoms with E-state index in [1.54, 1.807) is 0 Å². The lowest BCUT2D eigenvalue weighted by molar-refractivity contribution is -0.0118. The monoisotopic (exact) mass is 237 g/mol. The van der Waals surface area contributed by atoms with Crippen LogP contribution < -0.4 is 5.73 Å². The number of rotatable bonds is 7. The highest BCUT2D eigenvalue weighted by atomic mass is 16.5. The van der Waals surface area contributed by atoms with E-state index >= 15 is 0 Å². The molecule has 1 atom stereocenters. The maximum absolute atomic E-state index is 5.73. The van der Waals surface area contributed by atoms with E-state index in [1.807, 2.05) is 13.8 Å². The molecule has 0 amide bonds. The van der Waals surface area contributed by atoms with Crippen LogP contribution >= 0.6 is 0 Å². The lowest BCUT2D eigenvalue weighted by Crippen LogP contribution is -2.16. The van der Waals surface area contributed by atoms with Crippen LogP contribution in [-0.4, -0.2) is 19.3 Å². The zero-order chi connectivity index (χ0) is 12.7. The number of hydrogen-bond acceptors (Lipinski definition) is 3. The van der Waals surface area contributed by atoms with Crippen molar-refractivity contribution >= 4 is 0 Å². The summed E-state index contributed by atoms with van der Waals surface area (Å²) >= 11 is 0. The predicted molar refractivity (Wildman–Crippen MR) is 69.8 cm³/mol. The van der Waals surface area contributed by atoms with E-state index in [9.17, 15) is 0 Å². The van der Waals surface area contributed by atoms with E-state index in [4.69, 9.17) is 15.2 Å². The van der Waals surface area contributed by atoms with Crippen molar-refractivity contribution in [3.05, 3.63) is 34.9 Å². The van der Waals surface area contributed by atoms with Crippen LogP contribution in [0, 0.1) is 6.92 Å². The van der Waals surface area contributed by atoms with Crippen molar-refractivity contribution in [3.8, 4) is 0 Å². The Balaban J connectivity index is 2.46. The molecule has 0 saturated heterocycles. The molecule has 0 saturated carbocycles. The highest BCUT2D eigenvalue weighted by Gasteiger charge is 2.04. The van der Waals surface area contributed by atoms with Crippen LogP contribution in [0.15, 0.2) is 18.2 Å². The van der Waals surface area contributed by atoms with Crippen LogP contribution in [0.3, 0.4) is 0 Å². The van der Waals surface area contributed by atoms with E-state index in [0.29, 0.717) is 19.8 Å². The normalized spacial score (nSPS) is 12.7. The zero-order valence-electron chi connectivity index (χ0n) is 11.0. The highest BCUT2D eigenvalue weighted by Crippen LogP contribution is 2.13. The molecule has 1 rings (SSSR count). The Labute approximate surface area is 104 Å². The average Bonchev–Trinajstić information content (AvgIpc) is 2.34. The first-order valence-electron chi connectivity index (χ1n) is 6.15. The fourth-order valence-electron chi connectivity index (χ4n) is 1.61. The fraction of sp³-hybridized carbons (Fsp3) is 0.571. The van der Waals surface area contributed by atoms with Crippen LogP contribution in [0.4, 0.5) is 0 Å². The van der Waals surface area contributed by atoms with Crippen LogP contribution in [-0.2, 0) is 22.6 Å². The molecular weight excluding hydrogens is 214 g/mol. The van der Waals surface area contributed by atoms with Gasteiger partial charge in [-0.1, -0.05) is 18.2 Å². The minimum Gasteiger partial charge on any atom is -0.379 e. The Kier molecular flexibility index (Phi) is 6.19. The maximum Gasteiger partial charge on any atom is 0.0785 e. The number of benzene rings is 1. The summed E-state index contributed by atoms with van der Waals surface area (Å²) in [5.41, 5.74) is 9.21. The summed E-state index contributed by atoms with van der Waals surface area (Å²) in [4.78, 5) is 0. The Morgan fingerprint density at radius 2 is 2.12 bits per heavy atom. The summed E-state index contributed by atoms with van der Waals surface area (Å²) in [7, 11) is 0. The molecule has 0 bridgehead atoms. The van der Waals surface area contributed by atoms with Crippen molar-refractivity contribution in [2.75, 3.05) is 13.2 Å². The topological polar surface area (TPSA) is 44.5 Å². The third kappa shape index (κ3) is 4.86. The van der Waals surface area contributed by atoms with E-state index in [0.717, 1.165) is 12.2 Å². The Bertz CT molecular complexity index is 339. The van der Waals surface area contributed by atoms with Crippen molar-refractivity contribution in [2.45, 2.75) is 40.0 Å². The third-order valence-electron chi connectivity index (χ3n) is 2.72. The SMILES string of the molecule is CCOCC(C)OCc1ccc(CN)cc1C. The molecule has 2 N–H and O–H groups in total. The molecule has 1 unspecified atom stereocenters. The smallest absolute Gasteiger partial charge is 0.0785 e. The van der Waals surface area contributed by atoms with Crippen LogP contribution in [0.1, 0.15) is 30.5 Å². The summed E-state index contributed by atoms with van der Waals surface area (Å²) < 4.78 is 11.0. The summed E-state index contributed by atoms with van der Waals surface area (Å²) in [5, 5.41) is 0. The number of hydrogen-bond donors (Lipinski definition) is 1. The van der Waals surface area contributed by atoms with Gasteiger partial charge in [-0.3, -0.25) is 0 Å². The Hall–Kier alpha value is -0.900. The fourth-order valence-corrected chi connectivity index (χ4v) is 1.61. The predicted octanol–water partition coefficient (Wildman–Crippen LogP) is 2.40. The molecule has 0 aromatic heterocycles. The summed E-state index contributed by atoms with van der Waals surface area (Å²) in [6.45, 7) is 8.70. The van der Waals surface area contributed by atoms with E-state index in [-0.39, 0.29) is 6.10 Å². The molecule has 1 aromatic carbocycles. The first kappa shape index (κ1) is 14.2. The van der Waals surface area contributed by atoms with Gasteiger partial charge in [-0.25, -0.2) is 0 Å². The largest absolute Gasteiger partial charge is 0.379 e. The molecule has 17 heavy (non-hydrogen) atoms. The van der Waals surface area contributed by atoms with Gasteiger partial charge in [0.2, 0.25) is 0 Å². The lowest BCUT2D eigenvalue weighted by Gasteiger charge is -2.14. The van der Waals surface area contributed by atoms with Crippen LogP contribution in [0.5, 0.6) is 0 Å². The maximum atomic E-state index is 5.73. The van der Waals surface area contributed by atoms with Crippen LogP contribution in [0.2, 0.25) is 0 Å². The van der Waals surface area contributed by atoms with Crippen molar-refractivity contribution in [1.82, 2.24) is 0 Å². The average molecular weight is 237 g/mol. The summed E-state index contributed by atoms with van der Waals surface area (Å²) in [6.07, 6.45) is 0.128. The zero-order valence-corrected chi connectivity index (χ0v) is 11.0. The first-order chi connectivity index (χ1) is 8.17. The lowest BCUT2D eigenvalue weighted by atomic mass is 10.1. The number of ether oxygens (including phenoxy) is 2. The molecule has 3 heteroatoms. The minimum atomic E-state index is 0.128. The molecule has 0 fully saturated rings. The van der Waals surface area contributed by atoms with Gasteiger partial charge in [-0.2, -0.15) is 0 Å². The molecule has 0 heterocycles. The summed E-state index contributed by atoms with van der Waals surface area (Å²) in [6, 6.07) is 6.26. The second-order valence-electron chi connectivity index (χ2n) is 4.25. The summed E-state index contributed by atoms with van der Waals surface area (Å²) in [5.74, 6) is 0. The third-order valence-corrected chi connectivity index (χ3v) is 2.72. The number of aryl methyl sites for hydroxylation is 1. The molecule has 0 radical (unpaired) electrons. The molecule has 3 nitrogen and oxygen atoms in total. The minimum absolute atomic E-state index is 0.128. The van der Waals surface area contributed by atoms with E-state index in [2.05, 4.69) is 25.1 Å². The molecule has 0 aliphatic heterocycles. The van der Waals surface area contributed by atoms with Gasteiger partial charge >= 0.3 is 0 Å². The van der Waals surface area contributed by atoms with Gasteiger partial charge in [0.25, 0.3) is 0 Å². The highest BCUT2D eigenvalue weighted by molar-refractivity contribution is 5.30. The Morgan fingerprint density at radius 1 is 1.35 bits per heavy atom. The molecule has 0 aliphatic rings.